The van der Waals surface area contributed by atoms with Crippen LogP contribution in [-0.4, -0.2) is 72.5 Å². The van der Waals surface area contributed by atoms with E-state index < -0.39 is 0 Å². The lowest BCUT2D eigenvalue weighted by molar-refractivity contribution is -0.133. The number of nitrogens with zero attached hydrogens (tertiary/aromatic N) is 3. The highest BCUT2D eigenvalue weighted by Gasteiger charge is 2.26. The maximum atomic E-state index is 12.1. The molecular weight excluding hydrogens is 286 g/mol. The second-order valence-corrected chi connectivity index (χ2v) is 8.02. The molecule has 2 heterocycles. The van der Waals surface area contributed by atoms with Crippen molar-refractivity contribution in [1.29, 1.82) is 0 Å². The van der Waals surface area contributed by atoms with Crippen LogP contribution in [0.15, 0.2) is 0 Å². The maximum Gasteiger partial charge on any atom is 0.222 e. The zero-order valence-electron chi connectivity index (χ0n) is 15.8. The number of carbonyl (C=O) groups is 1. The summed E-state index contributed by atoms with van der Waals surface area (Å²) >= 11 is 0. The highest BCUT2D eigenvalue weighted by molar-refractivity contribution is 5.76. The van der Waals surface area contributed by atoms with Crippen molar-refractivity contribution in [2.75, 3.05) is 45.8 Å². The van der Waals surface area contributed by atoms with Crippen LogP contribution in [0.3, 0.4) is 0 Å². The summed E-state index contributed by atoms with van der Waals surface area (Å²) in [5, 5.41) is 0. The predicted molar refractivity (Wildman–Crippen MR) is 96.5 cm³/mol. The van der Waals surface area contributed by atoms with Gasteiger partial charge in [0.15, 0.2) is 0 Å². The Morgan fingerprint density at radius 2 is 1.61 bits per heavy atom. The smallest absolute Gasteiger partial charge is 0.222 e. The first-order valence-corrected chi connectivity index (χ1v) is 9.73. The van der Waals surface area contributed by atoms with E-state index in [4.69, 9.17) is 0 Å². The molecule has 0 aromatic carbocycles. The third kappa shape index (κ3) is 5.75. The summed E-state index contributed by atoms with van der Waals surface area (Å²) in [5.41, 5.74) is 0. The summed E-state index contributed by atoms with van der Waals surface area (Å²) in [6, 6.07) is 0.742. The second kappa shape index (κ2) is 9.03. The minimum absolute atomic E-state index is 0.349. The summed E-state index contributed by atoms with van der Waals surface area (Å²) < 4.78 is 0. The fourth-order valence-electron chi connectivity index (χ4n) is 3.86. The van der Waals surface area contributed by atoms with Gasteiger partial charge >= 0.3 is 0 Å². The topological polar surface area (TPSA) is 26.8 Å². The van der Waals surface area contributed by atoms with Crippen molar-refractivity contribution in [3.63, 3.8) is 0 Å². The van der Waals surface area contributed by atoms with Gasteiger partial charge in [-0.15, -0.1) is 0 Å². The molecule has 134 valence electrons. The molecule has 1 atom stereocenters. The van der Waals surface area contributed by atoms with Gasteiger partial charge in [0.25, 0.3) is 0 Å². The van der Waals surface area contributed by atoms with Gasteiger partial charge < -0.3 is 9.80 Å². The lowest BCUT2D eigenvalue weighted by atomic mass is 9.94. The van der Waals surface area contributed by atoms with Crippen molar-refractivity contribution in [2.45, 2.75) is 59.4 Å². The molecule has 0 aromatic heterocycles. The molecule has 2 aliphatic rings. The molecule has 0 N–H and O–H groups in total. The van der Waals surface area contributed by atoms with Crippen LogP contribution in [0.2, 0.25) is 0 Å². The van der Waals surface area contributed by atoms with Crippen molar-refractivity contribution in [1.82, 2.24) is 14.7 Å². The van der Waals surface area contributed by atoms with Crippen molar-refractivity contribution in [3.8, 4) is 0 Å². The molecular formula is C19H37N3O. The van der Waals surface area contributed by atoms with Gasteiger partial charge in [-0.1, -0.05) is 20.8 Å². The van der Waals surface area contributed by atoms with Crippen LogP contribution < -0.4 is 0 Å². The summed E-state index contributed by atoms with van der Waals surface area (Å²) in [6.45, 7) is 16.7. The second-order valence-electron chi connectivity index (χ2n) is 8.02. The van der Waals surface area contributed by atoms with Gasteiger partial charge in [-0.3, -0.25) is 9.69 Å². The van der Waals surface area contributed by atoms with Crippen LogP contribution in [-0.2, 0) is 4.79 Å². The zero-order chi connectivity index (χ0) is 16.8. The number of hydrogen-bond donors (Lipinski definition) is 0. The molecule has 2 aliphatic heterocycles. The number of likely N-dealkylation sites (tertiary alicyclic amines) is 1. The quantitative estimate of drug-likeness (QED) is 0.752. The van der Waals surface area contributed by atoms with E-state index in [9.17, 15) is 4.79 Å². The van der Waals surface area contributed by atoms with E-state index >= 15 is 0 Å². The fourth-order valence-corrected chi connectivity index (χ4v) is 3.86. The van der Waals surface area contributed by atoms with E-state index in [0.717, 1.165) is 38.1 Å². The Kier molecular flexibility index (Phi) is 7.35. The van der Waals surface area contributed by atoms with E-state index in [1.54, 1.807) is 0 Å². The number of amides is 1. The van der Waals surface area contributed by atoms with Gasteiger partial charge in [0.2, 0.25) is 5.91 Å². The van der Waals surface area contributed by atoms with E-state index in [0.29, 0.717) is 18.2 Å². The highest BCUT2D eigenvalue weighted by atomic mass is 16.2. The Morgan fingerprint density at radius 1 is 1.00 bits per heavy atom. The van der Waals surface area contributed by atoms with Crippen molar-refractivity contribution in [2.24, 2.45) is 11.8 Å². The van der Waals surface area contributed by atoms with E-state index in [2.05, 4.69) is 42.4 Å². The third-order valence-corrected chi connectivity index (χ3v) is 5.69. The van der Waals surface area contributed by atoms with E-state index in [1.807, 2.05) is 0 Å². The summed E-state index contributed by atoms with van der Waals surface area (Å²) in [6.07, 6.45) is 4.65. The molecule has 2 rings (SSSR count). The molecule has 4 heteroatoms. The first kappa shape index (κ1) is 18.7. The van der Waals surface area contributed by atoms with E-state index in [1.165, 1.54) is 38.9 Å². The number of piperazine rings is 1. The van der Waals surface area contributed by atoms with Crippen molar-refractivity contribution in [3.05, 3.63) is 0 Å². The Hall–Kier alpha value is -0.610. The summed E-state index contributed by atoms with van der Waals surface area (Å²) in [4.78, 5) is 19.4. The van der Waals surface area contributed by atoms with Gasteiger partial charge in [0.05, 0.1) is 0 Å². The third-order valence-electron chi connectivity index (χ3n) is 5.69. The minimum Gasteiger partial charge on any atom is -0.340 e. The molecule has 1 unspecified atom stereocenters. The number of rotatable bonds is 6. The molecule has 2 saturated heterocycles. The van der Waals surface area contributed by atoms with Crippen molar-refractivity contribution < 1.29 is 4.79 Å². The lowest BCUT2D eigenvalue weighted by Crippen LogP contribution is -2.51. The average molecular weight is 324 g/mol. The van der Waals surface area contributed by atoms with Crippen LogP contribution in [0.4, 0.5) is 0 Å². The van der Waals surface area contributed by atoms with Gasteiger partial charge in [0, 0.05) is 45.2 Å². The monoisotopic (exact) mass is 323 g/mol. The maximum absolute atomic E-state index is 12.1. The molecule has 0 bridgehead atoms. The molecule has 1 amide bonds. The van der Waals surface area contributed by atoms with Gasteiger partial charge in [0.1, 0.15) is 0 Å². The van der Waals surface area contributed by atoms with Gasteiger partial charge in [-0.05, 0) is 51.1 Å². The van der Waals surface area contributed by atoms with Crippen molar-refractivity contribution >= 4 is 5.91 Å². The van der Waals surface area contributed by atoms with Gasteiger partial charge in [-0.2, -0.15) is 0 Å². The lowest BCUT2D eigenvalue weighted by Gasteiger charge is -2.40. The fraction of sp³-hybridized carbons (Fsp3) is 0.947. The van der Waals surface area contributed by atoms with Crippen LogP contribution in [0, 0.1) is 11.8 Å². The van der Waals surface area contributed by atoms with Crippen LogP contribution in [0.1, 0.15) is 53.4 Å². The van der Waals surface area contributed by atoms with Crippen LogP contribution in [0.5, 0.6) is 0 Å². The first-order valence-electron chi connectivity index (χ1n) is 9.73. The molecule has 0 aliphatic carbocycles. The van der Waals surface area contributed by atoms with E-state index in [-0.39, 0.29) is 0 Å². The minimum atomic E-state index is 0.349. The molecule has 0 saturated carbocycles. The molecule has 4 nitrogen and oxygen atoms in total. The predicted octanol–water partition coefficient (Wildman–Crippen LogP) is 2.69. The normalized spacial score (nSPS) is 23.4. The number of hydrogen-bond acceptors (Lipinski definition) is 3. The molecule has 0 radical (unpaired) electrons. The SMILES string of the molecule is CCC(C)N1CCC(CN2CCN(C(=O)CC(C)C)CC2)CC1. The summed E-state index contributed by atoms with van der Waals surface area (Å²) in [7, 11) is 0. The molecule has 0 aromatic rings. The van der Waals surface area contributed by atoms with Crippen LogP contribution >= 0.6 is 0 Å². The Labute approximate surface area is 143 Å². The highest BCUT2D eigenvalue weighted by Crippen LogP contribution is 2.21. The standard InChI is InChI=1S/C19H37N3O/c1-5-17(4)21-8-6-18(7-9-21)15-20-10-12-22(13-11-20)19(23)14-16(2)3/h16-18H,5-15H2,1-4H3. The number of carbonyl (C=O) groups excluding carboxylic acids is 1. The summed E-state index contributed by atoms with van der Waals surface area (Å²) in [5.74, 6) is 1.67. The molecule has 2 fully saturated rings. The Morgan fingerprint density at radius 3 is 2.13 bits per heavy atom. The zero-order valence-corrected chi connectivity index (χ0v) is 15.8. The largest absolute Gasteiger partial charge is 0.340 e. The average Bonchev–Trinajstić information content (AvgIpc) is 2.55. The van der Waals surface area contributed by atoms with Gasteiger partial charge in [-0.25, -0.2) is 0 Å². The Bertz CT molecular complexity index is 356. The number of piperidine rings is 1. The molecule has 23 heavy (non-hydrogen) atoms. The first-order chi connectivity index (χ1) is 11.0. The molecule has 0 spiro atoms. The Balaban J connectivity index is 1.66. The van der Waals surface area contributed by atoms with Crippen LogP contribution in [0.25, 0.3) is 0 Å².